The van der Waals surface area contributed by atoms with E-state index in [-0.39, 0.29) is 5.41 Å². The maximum absolute atomic E-state index is 5.63. The Morgan fingerprint density at radius 1 is 1.26 bits per heavy atom. The minimum absolute atomic E-state index is 0.0939. The van der Waals surface area contributed by atoms with Gasteiger partial charge in [-0.05, 0) is 38.5 Å². The van der Waals surface area contributed by atoms with Crippen LogP contribution in [0, 0.1) is 5.41 Å². The molecule has 1 aromatic heterocycles. The molecule has 0 bridgehead atoms. The highest BCUT2D eigenvalue weighted by Gasteiger charge is 2.33. The summed E-state index contributed by atoms with van der Waals surface area (Å²) in [4.78, 5) is 9.53. The molecule has 5 nitrogen and oxygen atoms in total. The van der Waals surface area contributed by atoms with Gasteiger partial charge < -0.3 is 15.4 Å². The Bertz CT molecular complexity index is 585. The van der Waals surface area contributed by atoms with Crippen molar-refractivity contribution < 1.29 is 4.74 Å². The Morgan fingerprint density at radius 2 is 2.00 bits per heavy atom. The molecule has 1 saturated carbocycles. The Balaban J connectivity index is 1.95. The first-order valence-electron chi connectivity index (χ1n) is 10.4. The molecule has 27 heavy (non-hydrogen) atoms. The number of nitrogens with zero attached hydrogens (tertiary/aromatic N) is 2. The third-order valence-corrected chi connectivity index (χ3v) is 6.15. The molecule has 6 heteroatoms. The number of hydrogen-bond acceptors (Lipinski definition) is 4. The quantitative estimate of drug-likeness (QED) is 0.368. The second-order valence-corrected chi connectivity index (χ2v) is 9.52. The maximum Gasteiger partial charge on any atom is 0.191 e. The topological polar surface area (TPSA) is 58.5 Å². The minimum Gasteiger partial charge on any atom is -0.382 e. The normalized spacial score (nSPS) is 17.3. The van der Waals surface area contributed by atoms with Crippen LogP contribution in [-0.4, -0.2) is 37.2 Å². The van der Waals surface area contributed by atoms with E-state index in [1.165, 1.54) is 25.7 Å². The zero-order valence-electron chi connectivity index (χ0n) is 17.9. The van der Waals surface area contributed by atoms with Gasteiger partial charge in [-0.1, -0.05) is 33.6 Å². The van der Waals surface area contributed by atoms with Gasteiger partial charge in [-0.2, -0.15) is 0 Å². The average molecular weight is 395 g/mol. The summed E-state index contributed by atoms with van der Waals surface area (Å²) in [5.41, 5.74) is 1.60. The lowest BCUT2D eigenvalue weighted by Gasteiger charge is -2.30. The van der Waals surface area contributed by atoms with E-state index in [1.54, 1.807) is 11.3 Å². The van der Waals surface area contributed by atoms with Crippen LogP contribution >= 0.6 is 11.3 Å². The van der Waals surface area contributed by atoms with Crippen LogP contribution in [0.4, 0.5) is 0 Å². The number of guanidine groups is 1. The predicted molar refractivity (Wildman–Crippen MR) is 116 cm³/mol. The van der Waals surface area contributed by atoms with E-state index < -0.39 is 0 Å². The van der Waals surface area contributed by atoms with Gasteiger partial charge in [0.15, 0.2) is 5.96 Å². The van der Waals surface area contributed by atoms with E-state index in [2.05, 4.69) is 50.6 Å². The number of thiazole rings is 1. The van der Waals surface area contributed by atoms with Crippen molar-refractivity contribution in [3.63, 3.8) is 0 Å². The average Bonchev–Trinajstić information content (AvgIpc) is 3.27. The highest BCUT2D eigenvalue weighted by atomic mass is 32.1. The van der Waals surface area contributed by atoms with Gasteiger partial charge in [-0.15, -0.1) is 11.3 Å². The largest absolute Gasteiger partial charge is 0.382 e. The van der Waals surface area contributed by atoms with Crippen molar-refractivity contribution in [2.75, 3.05) is 26.3 Å². The molecule has 0 spiro atoms. The van der Waals surface area contributed by atoms with Crippen LogP contribution in [0.1, 0.15) is 77.4 Å². The third-order valence-electron chi connectivity index (χ3n) is 5.31. The Morgan fingerprint density at radius 3 is 2.59 bits per heavy atom. The number of rotatable bonds is 9. The van der Waals surface area contributed by atoms with Crippen molar-refractivity contribution in [2.24, 2.45) is 10.4 Å². The first-order valence-corrected chi connectivity index (χ1v) is 11.3. The molecule has 1 aromatic rings. The molecule has 0 saturated heterocycles. The van der Waals surface area contributed by atoms with Crippen molar-refractivity contribution in [1.29, 1.82) is 0 Å². The highest BCUT2D eigenvalue weighted by Crippen LogP contribution is 2.40. The molecule has 154 valence electrons. The van der Waals surface area contributed by atoms with Crippen LogP contribution in [-0.2, 0) is 16.7 Å². The molecule has 2 rings (SSSR count). The SMILES string of the molecule is CCNC(=NCc1nc(C(C)(C)C)cs1)NCC1(CCOCC)CCCC1. The number of aliphatic imine (C=N–C) groups is 1. The second kappa shape index (κ2) is 10.4. The third kappa shape index (κ3) is 7.07. The molecule has 1 aliphatic carbocycles. The summed E-state index contributed by atoms with van der Waals surface area (Å²) in [6.07, 6.45) is 6.36. The highest BCUT2D eigenvalue weighted by molar-refractivity contribution is 7.09. The first kappa shape index (κ1) is 22.2. The standard InChI is InChI=1S/C21H38N4OS/c1-6-22-19(23-14-18-25-17(15-27-18)20(3,4)5)24-16-21(10-8-9-11-21)12-13-26-7-2/h15H,6-14,16H2,1-5H3,(H2,22,23,24). The van der Waals surface area contributed by atoms with E-state index in [0.29, 0.717) is 12.0 Å². The zero-order chi connectivity index (χ0) is 19.8. The van der Waals surface area contributed by atoms with Gasteiger partial charge in [0.05, 0.1) is 12.2 Å². The lowest BCUT2D eigenvalue weighted by molar-refractivity contribution is 0.105. The van der Waals surface area contributed by atoms with Gasteiger partial charge in [0.1, 0.15) is 5.01 Å². The maximum atomic E-state index is 5.63. The van der Waals surface area contributed by atoms with Crippen LogP contribution in [0.15, 0.2) is 10.4 Å². The van der Waals surface area contributed by atoms with Gasteiger partial charge in [0.25, 0.3) is 0 Å². The Hall–Kier alpha value is -1.14. The molecule has 0 atom stereocenters. The van der Waals surface area contributed by atoms with E-state index in [4.69, 9.17) is 14.7 Å². The fraction of sp³-hybridized carbons (Fsp3) is 0.810. The molecule has 0 radical (unpaired) electrons. The summed E-state index contributed by atoms with van der Waals surface area (Å²) < 4.78 is 5.63. The number of nitrogens with one attached hydrogen (secondary N) is 2. The molecule has 1 fully saturated rings. The summed E-state index contributed by atoms with van der Waals surface area (Å²) in [5, 5.41) is 10.2. The van der Waals surface area contributed by atoms with Crippen molar-refractivity contribution in [3.05, 3.63) is 16.1 Å². The van der Waals surface area contributed by atoms with Gasteiger partial charge in [-0.25, -0.2) is 9.98 Å². The summed E-state index contributed by atoms with van der Waals surface area (Å²) in [7, 11) is 0. The van der Waals surface area contributed by atoms with Gasteiger partial charge >= 0.3 is 0 Å². The zero-order valence-corrected chi connectivity index (χ0v) is 18.7. The number of aromatic nitrogens is 1. The Kier molecular flexibility index (Phi) is 8.55. The molecule has 0 unspecified atom stereocenters. The minimum atomic E-state index is 0.0939. The van der Waals surface area contributed by atoms with Crippen LogP contribution < -0.4 is 10.6 Å². The molecule has 0 aliphatic heterocycles. The summed E-state index contributed by atoms with van der Waals surface area (Å²) in [6, 6.07) is 0. The summed E-state index contributed by atoms with van der Waals surface area (Å²) in [5.74, 6) is 0.896. The molecule has 1 aliphatic rings. The molecule has 0 amide bonds. The van der Waals surface area contributed by atoms with E-state index >= 15 is 0 Å². The van der Waals surface area contributed by atoms with Crippen LogP contribution in [0.2, 0.25) is 0 Å². The predicted octanol–water partition coefficient (Wildman–Crippen LogP) is 4.48. The fourth-order valence-electron chi connectivity index (χ4n) is 3.56. The van der Waals surface area contributed by atoms with Crippen LogP contribution in [0.3, 0.4) is 0 Å². The van der Waals surface area contributed by atoms with E-state index in [1.807, 2.05) is 0 Å². The van der Waals surface area contributed by atoms with Crippen molar-refractivity contribution in [2.45, 2.75) is 78.7 Å². The van der Waals surface area contributed by atoms with Crippen LogP contribution in [0.5, 0.6) is 0 Å². The van der Waals surface area contributed by atoms with Gasteiger partial charge in [0.2, 0.25) is 0 Å². The molecule has 2 N–H and O–H groups in total. The van der Waals surface area contributed by atoms with Crippen molar-refractivity contribution >= 4 is 17.3 Å². The first-order chi connectivity index (χ1) is 12.9. The van der Waals surface area contributed by atoms with Crippen LogP contribution in [0.25, 0.3) is 0 Å². The van der Waals surface area contributed by atoms with E-state index in [9.17, 15) is 0 Å². The monoisotopic (exact) mass is 394 g/mol. The van der Waals surface area contributed by atoms with E-state index in [0.717, 1.165) is 49.4 Å². The molecule has 0 aromatic carbocycles. The lowest BCUT2D eigenvalue weighted by atomic mass is 9.83. The number of hydrogen-bond donors (Lipinski definition) is 2. The molecule has 1 heterocycles. The summed E-state index contributed by atoms with van der Waals surface area (Å²) in [6.45, 7) is 14.9. The second-order valence-electron chi connectivity index (χ2n) is 8.58. The van der Waals surface area contributed by atoms with Gasteiger partial charge in [-0.3, -0.25) is 0 Å². The molecular formula is C21H38N4OS. The lowest BCUT2D eigenvalue weighted by Crippen LogP contribution is -2.43. The summed E-state index contributed by atoms with van der Waals surface area (Å²) >= 11 is 1.70. The number of ether oxygens (including phenoxy) is 1. The van der Waals surface area contributed by atoms with Crippen molar-refractivity contribution in [1.82, 2.24) is 15.6 Å². The Labute approximate surface area is 169 Å². The van der Waals surface area contributed by atoms with Crippen molar-refractivity contribution in [3.8, 4) is 0 Å². The van der Waals surface area contributed by atoms with Gasteiger partial charge in [0, 0.05) is 37.1 Å². The fourth-order valence-corrected chi connectivity index (χ4v) is 4.50. The molecular weight excluding hydrogens is 356 g/mol. The smallest absolute Gasteiger partial charge is 0.191 e.